The van der Waals surface area contributed by atoms with Gasteiger partial charge in [-0.15, -0.1) is 0 Å². The van der Waals surface area contributed by atoms with Gasteiger partial charge in [0.05, 0.1) is 11.8 Å². The molecule has 2 atom stereocenters. The standard InChI is InChI=1S/C17H20FN3O/c1-2-14-16(18)17(20-11-19-14)21-13-8-9-22-15(10-13)12-6-4-3-5-7-12/h3-7,11,13,15H,2,8-10H2,1H3,(H,19,20,21). The minimum absolute atomic E-state index is 0.0444. The first kappa shape index (κ1) is 14.9. The molecular weight excluding hydrogens is 281 g/mol. The Labute approximate surface area is 129 Å². The van der Waals surface area contributed by atoms with Crippen molar-refractivity contribution in [3.8, 4) is 0 Å². The van der Waals surface area contributed by atoms with Crippen LogP contribution in [-0.4, -0.2) is 22.6 Å². The van der Waals surface area contributed by atoms with Gasteiger partial charge in [0.2, 0.25) is 0 Å². The van der Waals surface area contributed by atoms with Crippen molar-refractivity contribution in [2.45, 2.75) is 38.3 Å². The molecule has 2 aromatic rings. The van der Waals surface area contributed by atoms with E-state index in [1.54, 1.807) is 0 Å². The molecule has 0 saturated carbocycles. The van der Waals surface area contributed by atoms with Crippen LogP contribution in [0.4, 0.5) is 10.2 Å². The van der Waals surface area contributed by atoms with Crippen LogP contribution >= 0.6 is 0 Å². The summed E-state index contributed by atoms with van der Waals surface area (Å²) < 4.78 is 20.1. The van der Waals surface area contributed by atoms with Gasteiger partial charge in [-0.25, -0.2) is 14.4 Å². The van der Waals surface area contributed by atoms with Gasteiger partial charge >= 0.3 is 0 Å². The van der Waals surface area contributed by atoms with E-state index in [4.69, 9.17) is 4.74 Å². The molecule has 1 aliphatic heterocycles. The summed E-state index contributed by atoms with van der Waals surface area (Å²) in [7, 11) is 0. The van der Waals surface area contributed by atoms with Gasteiger partial charge in [0.15, 0.2) is 11.6 Å². The molecule has 22 heavy (non-hydrogen) atoms. The van der Waals surface area contributed by atoms with Crippen LogP contribution in [0.1, 0.15) is 37.1 Å². The van der Waals surface area contributed by atoms with Gasteiger partial charge in [0, 0.05) is 12.6 Å². The van der Waals surface area contributed by atoms with Crippen molar-refractivity contribution < 1.29 is 9.13 Å². The Morgan fingerprint density at radius 1 is 1.27 bits per heavy atom. The molecule has 2 heterocycles. The number of aromatic nitrogens is 2. The highest BCUT2D eigenvalue weighted by Crippen LogP contribution is 2.29. The number of nitrogens with one attached hydrogen (secondary N) is 1. The molecule has 1 aromatic carbocycles. The number of hydrogen-bond donors (Lipinski definition) is 1. The number of anilines is 1. The number of aryl methyl sites for hydroxylation is 1. The number of rotatable bonds is 4. The van der Waals surface area contributed by atoms with E-state index in [1.807, 2.05) is 25.1 Å². The highest BCUT2D eigenvalue weighted by molar-refractivity contribution is 5.38. The predicted octanol–water partition coefficient (Wildman–Crippen LogP) is 3.51. The maximum absolute atomic E-state index is 14.2. The van der Waals surface area contributed by atoms with E-state index in [-0.39, 0.29) is 18.0 Å². The quantitative estimate of drug-likeness (QED) is 0.938. The zero-order valence-electron chi connectivity index (χ0n) is 12.6. The third kappa shape index (κ3) is 3.25. The molecular formula is C17H20FN3O. The molecule has 0 bridgehead atoms. The third-order valence-corrected chi connectivity index (χ3v) is 3.99. The summed E-state index contributed by atoms with van der Waals surface area (Å²) in [5.74, 6) is -0.0432. The van der Waals surface area contributed by atoms with Gasteiger partial charge in [-0.1, -0.05) is 37.3 Å². The number of hydrogen-bond acceptors (Lipinski definition) is 4. The minimum Gasteiger partial charge on any atom is -0.373 e. The van der Waals surface area contributed by atoms with Crippen molar-refractivity contribution in [1.82, 2.24) is 9.97 Å². The van der Waals surface area contributed by atoms with Gasteiger partial charge in [-0.05, 0) is 24.8 Å². The Kier molecular flexibility index (Phi) is 4.63. The van der Waals surface area contributed by atoms with Gasteiger partial charge in [0.25, 0.3) is 0 Å². The zero-order chi connectivity index (χ0) is 15.4. The van der Waals surface area contributed by atoms with E-state index in [0.29, 0.717) is 24.5 Å². The molecule has 1 fully saturated rings. The summed E-state index contributed by atoms with van der Waals surface area (Å²) >= 11 is 0. The summed E-state index contributed by atoms with van der Waals surface area (Å²) in [5, 5.41) is 3.22. The first-order valence-corrected chi connectivity index (χ1v) is 7.70. The molecule has 1 aliphatic rings. The summed E-state index contributed by atoms with van der Waals surface area (Å²) in [6.07, 6.45) is 3.66. The lowest BCUT2D eigenvalue weighted by atomic mass is 9.97. The lowest BCUT2D eigenvalue weighted by Crippen LogP contribution is -2.31. The molecule has 1 N–H and O–H groups in total. The Hall–Kier alpha value is -2.01. The maximum atomic E-state index is 14.2. The van der Waals surface area contributed by atoms with Crippen molar-refractivity contribution in [2.24, 2.45) is 0 Å². The fraction of sp³-hybridized carbons (Fsp3) is 0.412. The molecule has 3 rings (SSSR count). The third-order valence-electron chi connectivity index (χ3n) is 3.99. The number of ether oxygens (including phenoxy) is 1. The maximum Gasteiger partial charge on any atom is 0.186 e. The van der Waals surface area contributed by atoms with E-state index in [1.165, 1.54) is 6.33 Å². The van der Waals surface area contributed by atoms with Crippen LogP contribution in [0.15, 0.2) is 36.7 Å². The lowest BCUT2D eigenvalue weighted by Gasteiger charge is -2.30. The molecule has 0 radical (unpaired) electrons. The topological polar surface area (TPSA) is 47.0 Å². The smallest absolute Gasteiger partial charge is 0.186 e. The van der Waals surface area contributed by atoms with Gasteiger partial charge in [-0.2, -0.15) is 0 Å². The second-order valence-electron chi connectivity index (χ2n) is 5.47. The van der Waals surface area contributed by atoms with E-state index in [2.05, 4.69) is 27.4 Å². The molecule has 116 valence electrons. The van der Waals surface area contributed by atoms with E-state index in [0.717, 1.165) is 18.4 Å². The van der Waals surface area contributed by atoms with Crippen LogP contribution in [-0.2, 0) is 11.2 Å². The van der Waals surface area contributed by atoms with Crippen LogP contribution in [0.5, 0.6) is 0 Å². The van der Waals surface area contributed by atoms with Crippen LogP contribution in [0.3, 0.4) is 0 Å². The Morgan fingerprint density at radius 3 is 2.86 bits per heavy atom. The van der Waals surface area contributed by atoms with Gasteiger partial charge in [-0.3, -0.25) is 0 Å². The van der Waals surface area contributed by atoms with Crippen molar-refractivity contribution in [3.05, 3.63) is 53.7 Å². The number of nitrogens with zero attached hydrogens (tertiary/aromatic N) is 2. The predicted molar refractivity (Wildman–Crippen MR) is 83.1 cm³/mol. The Morgan fingerprint density at radius 2 is 2.09 bits per heavy atom. The molecule has 1 saturated heterocycles. The molecule has 4 nitrogen and oxygen atoms in total. The SMILES string of the molecule is CCc1ncnc(NC2CCOC(c3ccccc3)C2)c1F. The van der Waals surface area contributed by atoms with Crippen LogP contribution in [0.2, 0.25) is 0 Å². The number of halogens is 1. The minimum atomic E-state index is -0.340. The fourth-order valence-electron chi connectivity index (χ4n) is 2.77. The van der Waals surface area contributed by atoms with Crippen molar-refractivity contribution in [2.75, 3.05) is 11.9 Å². The van der Waals surface area contributed by atoms with E-state index in [9.17, 15) is 4.39 Å². The molecule has 5 heteroatoms. The van der Waals surface area contributed by atoms with Crippen LogP contribution in [0, 0.1) is 5.82 Å². The van der Waals surface area contributed by atoms with E-state index >= 15 is 0 Å². The highest BCUT2D eigenvalue weighted by atomic mass is 19.1. The summed E-state index contributed by atoms with van der Waals surface area (Å²) in [6, 6.07) is 10.3. The summed E-state index contributed by atoms with van der Waals surface area (Å²) in [4.78, 5) is 8.00. The Bertz CT molecular complexity index is 621. The largest absolute Gasteiger partial charge is 0.373 e. The molecule has 1 aromatic heterocycles. The van der Waals surface area contributed by atoms with Crippen LogP contribution in [0.25, 0.3) is 0 Å². The van der Waals surface area contributed by atoms with E-state index < -0.39 is 0 Å². The van der Waals surface area contributed by atoms with Crippen molar-refractivity contribution in [3.63, 3.8) is 0 Å². The second-order valence-corrected chi connectivity index (χ2v) is 5.47. The van der Waals surface area contributed by atoms with Crippen molar-refractivity contribution >= 4 is 5.82 Å². The summed E-state index contributed by atoms with van der Waals surface area (Å²) in [5.41, 5.74) is 1.61. The average molecular weight is 301 g/mol. The van der Waals surface area contributed by atoms with Gasteiger partial charge in [0.1, 0.15) is 6.33 Å². The second kappa shape index (κ2) is 6.83. The van der Waals surface area contributed by atoms with Crippen molar-refractivity contribution in [1.29, 1.82) is 0 Å². The first-order valence-electron chi connectivity index (χ1n) is 7.70. The zero-order valence-corrected chi connectivity index (χ0v) is 12.6. The molecule has 0 spiro atoms. The normalized spacial score (nSPS) is 21.5. The number of benzene rings is 1. The fourth-order valence-corrected chi connectivity index (χ4v) is 2.77. The molecule has 0 amide bonds. The highest BCUT2D eigenvalue weighted by Gasteiger charge is 2.25. The Balaban J connectivity index is 1.71. The lowest BCUT2D eigenvalue weighted by molar-refractivity contribution is 0.00969. The average Bonchev–Trinajstić information content (AvgIpc) is 2.58. The first-order chi connectivity index (χ1) is 10.8. The molecule has 2 unspecified atom stereocenters. The summed E-state index contributed by atoms with van der Waals surface area (Å²) in [6.45, 7) is 2.54. The van der Waals surface area contributed by atoms with Gasteiger partial charge < -0.3 is 10.1 Å². The van der Waals surface area contributed by atoms with Crippen LogP contribution < -0.4 is 5.32 Å². The molecule has 0 aliphatic carbocycles. The monoisotopic (exact) mass is 301 g/mol.